The summed E-state index contributed by atoms with van der Waals surface area (Å²) in [5.41, 5.74) is 5.40. The second kappa shape index (κ2) is 13.5. The Hall–Kier alpha value is -3.76. The number of carbonyl (C=O) groups is 6. The van der Waals surface area contributed by atoms with Gasteiger partial charge in [0, 0.05) is 13.0 Å². The van der Waals surface area contributed by atoms with Crippen molar-refractivity contribution in [3.8, 4) is 0 Å². The first-order valence-corrected chi connectivity index (χ1v) is 16.5. The number of fused-ring (bicyclic) bond motifs is 1. The van der Waals surface area contributed by atoms with Gasteiger partial charge in [0.2, 0.25) is 17.6 Å². The third-order valence-electron chi connectivity index (χ3n) is 10.1. The van der Waals surface area contributed by atoms with Crippen molar-refractivity contribution >= 4 is 35.3 Å². The maximum atomic E-state index is 14.2. The number of Topliss-reactive ketones (excluding diaryl/α,β-unsaturated/α-hetero) is 2. The van der Waals surface area contributed by atoms with Gasteiger partial charge in [0.25, 0.3) is 5.91 Å². The number of hydrogen-bond acceptors (Lipinski definition) is 6. The zero-order chi connectivity index (χ0) is 34.1. The SMILES string of the molecule is CC(C)[C@H](NC(=O)N[C@H](C(=O)N1C[C@H]2C([C@H]1C(=O)NC(CC1CC1)C(=O)C(N)=O)C2(C)C)C(C)(C)C)C(=O)CCc1ccccc1. The van der Waals surface area contributed by atoms with Gasteiger partial charge in [0.1, 0.15) is 12.1 Å². The number of carbonyl (C=O) groups excluding carboxylic acids is 6. The lowest BCUT2D eigenvalue weighted by Crippen LogP contribution is -2.62. The molecule has 0 spiro atoms. The quantitative estimate of drug-likeness (QED) is 0.229. The number of hydrogen-bond donors (Lipinski definition) is 4. The number of primary amides is 1. The van der Waals surface area contributed by atoms with Crippen molar-refractivity contribution in [1.29, 1.82) is 0 Å². The molecule has 5 amide bonds. The van der Waals surface area contributed by atoms with E-state index >= 15 is 0 Å². The molecule has 5 N–H and O–H groups in total. The summed E-state index contributed by atoms with van der Waals surface area (Å²) in [6.07, 6.45) is 2.98. The van der Waals surface area contributed by atoms with Crippen molar-refractivity contribution in [2.24, 2.45) is 40.2 Å². The Bertz CT molecular complexity index is 1350. The molecule has 252 valence electrons. The van der Waals surface area contributed by atoms with E-state index in [9.17, 15) is 28.8 Å². The van der Waals surface area contributed by atoms with Crippen LogP contribution in [0.2, 0.25) is 0 Å². The molecule has 11 heteroatoms. The Morgan fingerprint density at radius 1 is 0.978 bits per heavy atom. The number of urea groups is 1. The van der Waals surface area contributed by atoms with Gasteiger partial charge in [-0.25, -0.2) is 4.79 Å². The second-order valence-electron chi connectivity index (χ2n) is 15.4. The maximum absolute atomic E-state index is 14.2. The lowest BCUT2D eigenvalue weighted by molar-refractivity contribution is -0.145. The summed E-state index contributed by atoms with van der Waals surface area (Å²) in [6.45, 7) is 13.6. The minimum absolute atomic E-state index is 0.0722. The van der Waals surface area contributed by atoms with Gasteiger partial charge in [-0.2, -0.15) is 0 Å². The van der Waals surface area contributed by atoms with Gasteiger partial charge < -0.3 is 26.6 Å². The molecule has 6 atom stereocenters. The molecule has 11 nitrogen and oxygen atoms in total. The second-order valence-corrected chi connectivity index (χ2v) is 15.4. The molecule has 2 saturated carbocycles. The van der Waals surface area contributed by atoms with Gasteiger partial charge in [-0.1, -0.05) is 91.6 Å². The molecule has 1 aliphatic heterocycles. The first kappa shape index (κ1) is 35.1. The van der Waals surface area contributed by atoms with Crippen molar-refractivity contribution in [3.63, 3.8) is 0 Å². The lowest BCUT2D eigenvalue weighted by Gasteiger charge is -2.38. The minimum atomic E-state index is -1.10. The highest BCUT2D eigenvalue weighted by Gasteiger charge is 2.70. The van der Waals surface area contributed by atoms with Crippen molar-refractivity contribution in [2.45, 2.75) is 105 Å². The van der Waals surface area contributed by atoms with E-state index in [1.165, 1.54) is 4.90 Å². The molecule has 1 aromatic carbocycles. The van der Waals surface area contributed by atoms with Crippen LogP contribution in [0.4, 0.5) is 4.79 Å². The van der Waals surface area contributed by atoms with E-state index in [4.69, 9.17) is 5.73 Å². The Labute approximate surface area is 272 Å². The zero-order valence-corrected chi connectivity index (χ0v) is 28.2. The predicted octanol–water partition coefficient (Wildman–Crippen LogP) is 2.75. The van der Waals surface area contributed by atoms with Gasteiger partial charge in [-0.3, -0.25) is 24.0 Å². The molecular formula is C35H51N5O6. The monoisotopic (exact) mass is 637 g/mol. The molecular weight excluding hydrogens is 586 g/mol. The van der Waals surface area contributed by atoms with Gasteiger partial charge in [0.05, 0.1) is 12.1 Å². The first-order chi connectivity index (χ1) is 21.4. The highest BCUT2D eigenvalue weighted by molar-refractivity contribution is 6.37. The largest absolute Gasteiger partial charge is 0.363 e. The van der Waals surface area contributed by atoms with Crippen LogP contribution in [0.25, 0.3) is 0 Å². The van der Waals surface area contributed by atoms with Gasteiger partial charge in [0.15, 0.2) is 5.78 Å². The molecule has 3 aliphatic rings. The normalized spacial score (nSPS) is 23.5. The van der Waals surface area contributed by atoms with E-state index < -0.39 is 59.1 Å². The summed E-state index contributed by atoms with van der Waals surface area (Å²) in [6, 6.07) is 5.37. The van der Waals surface area contributed by atoms with Crippen LogP contribution in [0.5, 0.6) is 0 Å². The Balaban J connectivity index is 1.48. The molecule has 46 heavy (non-hydrogen) atoms. The highest BCUT2D eigenvalue weighted by atomic mass is 16.2. The molecule has 4 rings (SSSR count). The maximum Gasteiger partial charge on any atom is 0.316 e. The number of piperidine rings is 1. The van der Waals surface area contributed by atoms with E-state index in [1.807, 2.05) is 65.0 Å². The Morgan fingerprint density at radius 2 is 1.61 bits per heavy atom. The number of likely N-dealkylation sites (tertiary alicyclic amines) is 1. The molecule has 3 fully saturated rings. The van der Waals surface area contributed by atoms with Crippen LogP contribution in [-0.4, -0.2) is 70.9 Å². The van der Waals surface area contributed by atoms with Crippen LogP contribution < -0.4 is 21.7 Å². The topological polar surface area (TPSA) is 168 Å². The van der Waals surface area contributed by atoms with Gasteiger partial charge in [-0.05, 0) is 52.9 Å². The molecule has 1 saturated heterocycles. The number of nitrogens with one attached hydrogen (secondary N) is 3. The first-order valence-electron chi connectivity index (χ1n) is 16.5. The summed E-state index contributed by atoms with van der Waals surface area (Å²) < 4.78 is 0. The minimum Gasteiger partial charge on any atom is -0.363 e. The van der Waals surface area contributed by atoms with Gasteiger partial charge >= 0.3 is 6.03 Å². The van der Waals surface area contributed by atoms with Crippen LogP contribution >= 0.6 is 0 Å². The zero-order valence-electron chi connectivity index (χ0n) is 28.2. The predicted molar refractivity (Wildman–Crippen MR) is 173 cm³/mol. The number of amides is 5. The fourth-order valence-electron chi connectivity index (χ4n) is 6.98. The molecule has 1 heterocycles. The summed E-state index contributed by atoms with van der Waals surface area (Å²) >= 11 is 0. The third-order valence-corrected chi connectivity index (χ3v) is 10.1. The number of nitrogens with two attached hydrogens (primary N) is 1. The van der Waals surface area contributed by atoms with E-state index in [-0.39, 0.29) is 41.3 Å². The van der Waals surface area contributed by atoms with Crippen molar-refractivity contribution in [2.75, 3.05) is 6.54 Å². The molecule has 0 bridgehead atoms. The summed E-state index contributed by atoms with van der Waals surface area (Å²) in [7, 11) is 0. The van der Waals surface area contributed by atoms with E-state index in [0.29, 0.717) is 19.4 Å². The Morgan fingerprint density at radius 3 is 2.15 bits per heavy atom. The lowest BCUT2D eigenvalue weighted by atomic mass is 9.85. The number of aryl methyl sites for hydroxylation is 1. The van der Waals surface area contributed by atoms with Crippen LogP contribution in [-0.2, 0) is 30.4 Å². The van der Waals surface area contributed by atoms with E-state index in [0.717, 1.165) is 18.4 Å². The van der Waals surface area contributed by atoms with Gasteiger partial charge in [-0.15, -0.1) is 0 Å². The summed E-state index contributed by atoms with van der Waals surface area (Å²) in [5.74, 6) is -2.94. The summed E-state index contributed by atoms with van der Waals surface area (Å²) in [5, 5.41) is 8.40. The Kier molecular flexibility index (Phi) is 10.3. The molecule has 0 radical (unpaired) electrons. The van der Waals surface area contributed by atoms with Crippen LogP contribution in [0.1, 0.15) is 79.7 Å². The molecule has 0 aromatic heterocycles. The standard InChI is InChI=1S/C35H51N5O6/c1-19(2)26(24(41)16-15-20-11-9-8-10-12-20)38-33(46)39-29(34(3,4)5)32(45)40-18-22-25(35(22,6)7)27(40)31(44)37-23(17-21-13-14-21)28(42)30(36)43/h8-12,19,21-23,25-27,29H,13-18H2,1-7H3,(H2,36,43)(H,37,44)(H2,38,39,46)/t22-,23?,25?,26-,27-,29+/m0/s1. The molecule has 2 unspecified atom stereocenters. The fraction of sp³-hybridized carbons (Fsp3) is 0.657. The van der Waals surface area contributed by atoms with Crippen LogP contribution in [0.3, 0.4) is 0 Å². The average Bonchev–Trinajstić information content (AvgIpc) is 3.83. The number of benzene rings is 1. The fourth-order valence-corrected chi connectivity index (χ4v) is 6.98. The average molecular weight is 638 g/mol. The number of rotatable bonds is 14. The van der Waals surface area contributed by atoms with Crippen molar-refractivity contribution < 1.29 is 28.8 Å². The molecule has 2 aliphatic carbocycles. The summed E-state index contributed by atoms with van der Waals surface area (Å²) in [4.78, 5) is 80.5. The molecule has 1 aromatic rings. The van der Waals surface area contributed by atoms with E-state index in [2.05, 4.69) is 29.8 Å². The van der Waals surface area contributed by atoms with Crippen molar-refractivity contribution in [3.05, 3.63) is 35.9 Å². The van der Waals surface area contributed by atoms with E-state index in [1.54, 1.807) is 0 Å². The number of nitrogens with zero attached hydrogens (tertiary/aromatic N) is 1. The van der Waals surface area contributed by atoms with Crippen molar-refractivity contribution in [1.82, 2.24) is 20.9 Å². The number of ketones is 2. The van der Waals surface area contributed by atoms with Crippen LogP contribution in [0.15, 0.2) is 30.3 Å². The highest BCUT2D eigenvalue weighted by Crippen LogP contribution is 2.65. The van der Waals surface area contributed by atoms with Crippen LogP contribution in [0, 0.1) is 34.5 Å². The smallest absolute Gasteiger partial charge is 0.316 e. The third kappa shape index (κ3) is 7.96.